The molecule has 0 unspecified atom stereocenters. The first kappa shape index (κ1) is 14.5. The maximum atomic E-state index is 11.3. The van der Waals surface area contributed by atoms with Crippen LogP contribution in [-0.4, -0.2) is 34.0 Å². The van der Waals surface area contributed by atoms with E-state index in [-0.39, 0.29) is 10.6 Å². The van der Waals surface area contributed by atoms with E-state index in [0.29, 0.717) is 30.0 Å². The van der Waals surface area contributed by atoms with Crippen LogP contribution in [0.5, 0.6) is 0 Å². The maximum Gasteiger partial charge on any atom is 0.332 e. The van der Waals surface area contributed by atoms with Crippen molar-refractivity contribution in [2.24, 2.45) is 0 Å². The van der Waals surface area contributed by atoms with E-state index >= 15 is 0 Å². The van der Waals surface area contributed by atoms with Crippen LogP contribution in [0, 0.1) is 17.0 Å². The predicted molar refractivity (Wildman–Crippen MR) is 78.2 cm³/mol. The Balaban J connectivity index is 2.47. The van der Waals surface area contributed by atoms with Crippen LogP contribution in [0.3, 0.4) is 0 Å². The van der Waals surface area contributed by atoms with Gasteiger partial charge in [-0.05, 0) is 33.1 Å². The van der Waals surface area contributed by atoms with Crippen molar-refractivity contribution in [3.63, 3.8) is 0 Å². The lowest BCUT2D eigenvalue weighted by atomic mass is 10.3. The minimum absolute atomic E-state index is 0.0343. The van der Waals surface area contributed by atoms with Crippen LogP contribution in [0.2, 0.25) is 0 Å². The molecule has 1 saturated carbocycles. The van der Waals surface area contributed by atoms with Gasteiger partial charge < -0.3 is 10.2 Å². The van der Waals surface area contributed by atoms with Crippen molar-refractivity contribution in [3.8, 4) is 0 Å². The minimum Gasteiger partial charge on any atom is -0.354 e. The molecule has 7 nitrogen and oxygen atoms in total. The topological polar surface area (TPSA) is 84.2 Å². The number of hydrogen-bond donors (Lipinski definition) is 1. The lowest BCUT2D eigenvalue weighted by Gasteiger charge is -2.23. The predicted octanol–water partition coefficient (Wildman–Crippen LogP) is 2.50. The molecule has 1 aliphatic rings. The van der Waals surface area contributed by atoms with Crippen molar-refractivity contribution in [3.05, 3.63) is 15.8 Å². The Bertz CT molecular complexity index is 502. The van der Waals surface area contributed by atoms with Gasteiger partial charge in [0.25, 0.3) is 0 Å². The fraction of sp³-hybridized carbons (Fsp3) is 0.692. The molecule has 1 aromatic rings. The molecule has 110 valence electrons. The molecule has 0 bridgehead atoms. The molecule has 0 aromatic carbocycles. The number of aryl methyl sites for hydroxylation is 1. The van der Waals surface area contributed by atoms with Crippen LogP contribution in [0.1, 0.15) is 38.8 Å². The molecule has 0 amide bonds. The number of anilines is 2. The fourth-order valence-electron chi connectivity index (χ4n) is 2.29. The van der Waals surface area contributed by atoms with Crippen molar-refractivity contribution in [2.45, 2.75) is 46.1 Å². The molecule has 1 aliphatic carbocycles. The summed E-state index contributed by atoms with van der Waals surface area (Å²) in [6.45, 7) is 7.16. The number of nitro groups is 1. The van der Waals surface area contributed by atoms with E-state index in [0.717, 1.165) is 25.8 Å². The molecule has 1 fully saturated rings. The smallest absolute Gasteiger partial charge is 0.332 e. The molecule has 1 aromatic heterocycles. The van der Waals surface area contributed by atoms with Gasteiger partial charge in [0.2, 0.25) is 11.8 Å². The second-order valence-corrected chi connectivity index (χ2v) is 5.02. The first-order chi connectivity index (χ1) is 9.58. The van der Waals surface area contributed by atoms with Crippen molar-refractivity contribution in [1.82, 2.24) is 9.97 Å². The summed E-state index contributed by atoms with van der Waals surface area (Å²) in [6.07, 6.45) is 3.10. The Morgan fingerprint density at radius 3 is 2.60 bits per heavy atom. The second-order valence-electron chi connectivity index (χ2n) is 5.02. The zero-order valence-corrected chi connectivity index (χ0v) is 12.2. The summed E-state index contributed by atoms with van der Waals surface area (Å²) in [7, 11) is 0. The highest BCUT2D eigenvalue weighted by molar-refractivity contribution is 5.63. The second kappa shape index (κ2) is 6.02. The maximum absolute atomic E-state index is 11.3. The van der Waals surface area contributed by atoms with Crippen molar-refractivity contribution in [2.75, 3.05) is 23.3 Å². The van der Waals surface area contributed by atoms with E-state index in [1.807, 2.05) is 6.92 Å². The first-order valence-corrected chi connectivity index (χ1v) is 7.12. The Kier molecular flexibility index (Phi) is 4.36. The highest BCUT2D eigenvalue weighted by Gasteiger charge is 2.35. The molecule has 2 rings (SSSR count). The van der Waals surface area contributed by atoms with Crippen molar-refractivity contribution < 1.29 is 4.92 Å². The molecule has 0 radical (unpaired) electrons. The zero-order valence-electron chi connectivity index (χ0n) is 12.2. The summed E-state index contributed by atoms with van der Waals surface area (Å²) in [5.74, 6) is 0.926. The van der Waals surface area contributed by atoms with Crippen molar-refractivity contribution >= 4 is 17.5 Å². The van der Waals surface area contributed by atoms with Gasteiger partial charge in [0.1, 0.15) is 5.69 Å². The largest absolute Gasteiger partial charge is 0.354 e. The molecule has 0 spiro atoms. The van der Waals surface area contributed by atoms with E-state index in [4.69, 9.17) is 0 Å². The van der Waals surface area contributed by atoms with Crippen LogP contribution < -0.4 is 10.2 Å². The van der Waals surface area contributed by atoms with Gasteiger partial charge >= 0.3 is 5.69 Å². The average molecular weight is 279 g/mol. The third-order valence-electron chi connectivity index (χ3n) is 3.28. The van der Waals surface area contributed by atoms with Crippen LogP contribution in [-0.2, 0) is 0 Å². The third kappa shape index (κ3) is 2.97. The summed E-state index contributed by atoms with van der Waals surface area (Å²) < 4.78 is 0. The summed E-state index contributed by atoms with van der Waals surface area (Å²) in [4.78, 5) is 21.6. The SMILES string of the molecule is CCCN(c1nc(NCC)nc(C)c1[N+](=O)[O-])C1CC1. The van der Waals surface area contributed by atoms with Crippen LogP contribution >= 0.6 is 0 Å². The molecule has 20 heavy (non-hydrogen) atoms. The summed E-state index contributed by atoms with van der Waals surface area (Å²) >= 11 is 0. The molecule has 1 N–H and O–H groups in total. The van der Waals surface area contributed by atoms with Gasteiger partial charge in [0, 0.05) is 19.1 Å². The van der Waals surface area contributed by atoms with Gasteiger partial charge in [0.15, 0.2) is 0 Å². The summed E-state index contributed by atoms with van der Waals surface area (Å²) in [6, 6.07) is 0.387. The normalized spacial score (nSPS) is 14.2. The molecular formula is C13H21N5O2. The summed E-state index contributed by atoms with van der Waals surface area (Å²) in [5.41, 5.74) is 0.449. The molecule has 0 atom stereocenters. The molecule has 7 heteroatoms. The average Bonchev–Trinajstić information content (AvgIpc) is 3.19. The molecular weight excluding hydrogens is 258 g/mol. The van der Waals surface area contributed by atoms with Gasteiger partial charge in [-0.1, -0.05) is 6.92 Å². The van der Waals surface area contributed by atoms with Gasteiger partial charge in [-0.25, -0.2) is 4.98 Å². The minimum atomic E-state index is -0.370. The number of aromatic nitrogens is 2. The highest BCUT2D eigenvalue weighted by Crippen LogP contribution is 2.37. The molecule has 0 aliphatic heterocycles. The van der Waals surface area contributed by atoms with Crippen LogP contribution in [0.25, 0.3) is 0 Å². The van der Waals surface area contributed by atoms with Crippen LogP contribution in [0.15, 0.2) is 0 Å². The lowest BCUT2D eigenvalue weighted by molar-refractivity contribution is -0.385. The Morgan fingerprint density at radius 2 is 2.10 bits per heavy atom. The fourth-order valence-corrected chi connectivity index (χ4v) is 2.29. The third-order valence-corrected chi connectivity index (χ3v) is 3.28. The lowest BCUT2D eigenvalue weighted by Crippen LogP contribution is -2.29. The van der Waals surface area contributed by atoms with E-state index in [2.05, 4.69) is 27.1 Å². The quantitative estimate of drug-likeness (QED) is 0.610. The Hall–Kier alpha value is -1.92. The van der Waals surface area contributed by atoms with Gasteiger partial charge in [0.05, 0.1) is 4.92 Å². The number of nitrogens with one attached hydrogen (secondary N) is 1. The number of nitrogens with zero attached hydrogens (tertiary/aromatic N) is 4. The summed E-state index contributed by atoms with van der Waals surface area (Å²) in [5, 5.41) is 14.4. The van der Waals surface area contributed by atoms with Gasteiger partial charge in [-0.15, -0.1) is 0 Å². The zero-order chi connectivity index (χ0) is 14.7. The Morgan fingerprint density at radius 1 is 1.40 bits per heavy atom. The monoisotopic (exact) mass is 279 g/mol. The number of hydrogen-bond acceptors (Lipinski definition) is 6. The van der Waals surface area contributed by atoms with E-state index in [1.54, 1.807) is 6.92 Å². The first-order valence-electron chi connectivity index (χ1n) is 7.12. The standard InChI is InChI=1S/C13H21N5O2/c1-4-8-17(10-6-7-10)12-11(18(19)20)9(3)15-13(16-12)14-5-2/h10H,4-8H2,1-3H3,(H,14,15,16). The van der Waals surface area contributed by atoms with Gasteiger partial charge in [-0.2, -0.15) is 4.98 Å². The Labute approximate surface area is 118 Å². The molecule has 1 heterocycles. The van der Waals surface area contributed by atoms with E-state index in [1.165, 1.54) is 0 Å². The number of rotatable bonds is 7. The van der Waals surface area contributed by atoms with Crippen LogP contribution in [0.4, 0.5) is 17.5 Å². The van der Waals surface area contributed by atoms with E-state index < -0.39 is 0 Å². The highest BCUT2D eigenvalue weighted by atomic mass is 16.6. The molecule has 0 saturated heterocycles. The van der Waals surface area contributed by atoms with E-state index in [9.17, 15) is 10.1 Å². The van der Waals surface area contributed by atoms with Gasteiger partial charge in [-0.3, -0.25) is 10.1 Å². The van der Waals surface area contributed by atoms with Crippen molar-refractivity contribution in [1.29, 1.82) is 0 Å².